The van der Waals surface area contributed by atoms with Gasteiger partial charge in [-0.1, -0.05) is 12.1 Å². The third-order valence-electron chi connectivity index (χ3n) is 2.96. The van der Waals surface area contributed by atoms with Crippen molar-refractivity contribution in [1.82, 2.24) is 0 Å². The third kappa shape index (κ3) is 1.39. The Morgan fingerprint density at radius 3 is 2.60 bits per heavy atom. The minimum absolute atomic E-state index is 0.181. The molecular formula is C11H11NO3. The molecule has 0 bridgehead atoms. The summed E-state index contributed by atoms with van der Waals surface area (Å²) in [4.78, 5) is 14.1. The number of phenolic OH excluding ortho intramolecular Hbond substituents is 2. The van der Waals surface area contributed by atoms with E-state index in [-0.39, 0.29) is 11.5 Å². The van der Waals surface area contributed by atoms with Crippen LogP contribution >= 0.6 is 0 Å². The normalized spacial score (nSPS) is 17.6. The maximum absolute atomic E-state index is 10.3. The highest BCUT2D eigenvalue weighted by molar-refractivity contribution is 5.50. The van der Waals surface area contributed by atoms with Gasteiger partial charge in [0.25, 0.3) is 0 Å². The first-order valence-electron chi connectivity index (χ1n) is 4.80. The van der Waals surface area contributed by atoms with Crippen LogP contribution in [0, 0.1) is 0 Å². The number of nitrogens with zero attached hydrogens (tertiary/aromatic N) is 1. The van der Waals surface area contributed by atoms with Gasteiger partial charge in [-0.05, 0) is 25.3 Å². The van der Waals surface area contributed by atoms with Gasteiger partial charge in [-0.2, -0.15) is 4.99 Å². The van der Waals surface area contributed by atoms with E-state index in [1.807, 2.05) is 0 Å². The number of rotatable bonds is 2. The van der Waals surface area contributed by atoms with Crippen LogP contribution < -0.4 is 0 Å². The molecule has 0 amide bonds. The molecule has 1 aliphatic rings. The second-order valence-corrected chi connectivity index (χ2v) is 3.76. The van der Waals surface area contributed by atoms with Gasteiger partial charge in [-0.15, -0.1) is 0 Å². The van der Waals surface area contributed by atoms with E-state index in [4.69, 9.17) is 0 Å². The lowest BCUT2D eigenvalue weighted by atomic mass is 9.72. The van der Waals surface area contributed by atoms with Crippen LogP contribution in [-0.4, -0.2) is 16.3 Å². The van der Waals surface area contributed by atoms with Crippen molar-refractivity contribution < 1.29 is 15.0 Å². The van der Waals surface area contributed by atoms with E-state index in [9.17, 15) is 15.0 Å². The third-order valence-corrected chi connectivity index (χ3v) is 2.96. The summed E-state index contributed by atoms with van der Waals surface area (Å²) in [6.45, 7) is 0. The predicted molar refractivity (Wildman–Crippen MR) is 53.4 cm³/mol. The van der Waals surface area contributed by atoms with E-state index in [2.05, 4.69) is 4.99 Å². The Bertz CT molecular complexity index is 431. The Kier molecular flexibility index (Phi) is 2.21. The molecular weight excluding hydrogens is 194 g/mol. The summed E-state index contributed by atoms with van der Waals surface area (Å²) in [5, 5.41) is 19.0. The summed E-state index contributed by atoms with van der Waals surface area (Å²) in [5.74, 6) is -0.365. The lowest BCUT2D eigenvalue weighted by molar-refractivity contribution is 0.245. The first kappa shape index (κ1) is 9.74. The summed E-state index contributed by atoms with van der Waals surface area (Å²) in [5.41, 5.74) is -0.151. The van der Waals surface area contributed by atoms with E-state index in [1.54, 1.807) is 12.1 Å². The Balaban J connectivity index is 2.52. The fraction of sp³-hybridized carbons (Fsp3) is 0.364. The molecule has 15 heavy (non-hydrogen) atoms. The molecule has 1 aromatic rings. The molecule has 1 aromatic carbocycles. The molecule has 0 aromatic heterocycles. The molecule has 0 spiro atoms. The number of hydrogen-bond donors (Lipinski definition) is 2. The highest BCUT2D eigenvalue weighted by atomic mass is 16.3. The molecule has 0 atom stereocenters. The minimum Gasteiger partial charge on any atom is -0.504 e. The highest BCUT2D eigenvalue weighted by Gasteiger charge is 2.41. The van der Waals surface area contributed by atoms with Crippen molar-refractivity contribution in [2.75, 3.05) is 0 Å². The maximum Gasteiger partial charge on any atom is 0.235 e. The zero-order valence-corrected chi connectivity index (χ0v) is 8.10. The maximum atomic E-state index is 10.3. The number of carbonyl (C=O) groups excluding carboxylic acids is 1. The summed E-state index contributed by atoms with van der Waals surface area (Å²) in [6, 6.07) is 4.70. The van der Waals surface area contributed by atoms with Crippen LogP contribution in [0.1, 0.15) is 24.8 Å². The fourth-order valence-electron chi connectivity index (χ4n) is 1.95. The number of isocyanates is 1. The molecule has 1 fully saturated rings. The molecule has 0 radical (unpaired) electrons. The lowest BCUT2D eigenvalue weighted by Gasteiger charge is -2.37. The number of para-hydroxylation sites is 1. The smallest absolute Gasteiger partial charge is 0.235 e. The quantitative estimate of drug-likeness (QED) is 0.439. The number of aliphatic imine (C=N–C) groups is 1. The van der Waals surface area contributed by atoms with Crippen molar-refractivity contribution in [3.05, 3.63) is 23.8 Å². The summed E-state index contributed by atoms with van der Waals surface area (Å²) in [6.07, 6.45) is 3.91. The van der Waals surface area contributed by atoms with Crippen molar-refractivity contribution in [2.24, 2.45) is 4.99 Å². The molecule has 0 unspecified atom stereocenters. The summed E-state index contributed by atoms with van der Waals surface area (Å²) >= 11 is 0. The topological polar surface area (TPSA) is 69.9 Å². The van der Waals surface area contributed by atoms with Gasteiger partial charge >= 0.3 is 0 Å². The van der Waals surface area contributed by atoms with Gasteiger partial charge in [0.1, 0.15) is 5.54 Å². The van der Waals surface area contributed by atoms with Crippen LogP contribution in [0.2, 0.25) is 0 Å². The van der Waals surface area contributed by atoms with Gasteiger partial charge in [0.05, 0.1) is 0 Å². The average molecular weight is 205 g/mol. The standard InChI is InChI=1S/C11H11NO3/c13-7-12-11(5-2-6-11)8-3-1-4-9(14)10(8)15/h1,3-4,14-15H,2,5-6H2. The lowest BCUT2D eigenvalue weighted by Crippen LogP contribution is -2.31. The Labute approximate surface area is 86.9 Å². The fourth-order valence-corrected chi connectivity index (χ4v) is 1.95. The highest BCUT2D eigenvalue weighted by Crippen LogP contribution is 2.49. The molecule has 2 N–H and O–H groups in total. The van der Waals surface area contributed by atoms with Crippen molar-refractivity contribution in [3.63, 3.8) is 0 Å². The number of aromatic hydroxyl groups is 2. The van der Waals surface area contributed by atoms with E-state index in [0.717, 1.165) is 6.42 Å². The largest absolute Gasteiger partial charge is 0.504 e. The monoisotopic (exact) mass is 205 g/mol. The van der Waals surface area contributed by atoms with E-state index in [0.29, 0.717) is 18.4 Å². The summed E-state index contributed by atoms with van der Waals surface area (Å²) < 4.78 is 0. The van der Waals surface area contributed by atoms with Crippen LogP contribution in [0.4, 0.5) is 0 Å². The van der Waals surface area contributed by atoms with Crippen molar-refractivity contribution in [3.8, 4) is 11.5 Å². The minimum atomic E-state index is -0.662. The van der Waals surface area contributed by atoms with E-state index in [1.165, 1.54) is 12.1 Å². The average Bonchev–Trinajstić information content (AvgIpc) is 2.17. The molecule has 0 aliphatic heterocycles. The van der Waals surface area contributed by atoms with E-state index >= 15 is 0 Å². The molecule has 2 rings (SSSR count). The molecule has 4 nitrogen and oxygen atoms in total. The van der Waals surface area contributed by atoms with Crippen molar-refractivity contribution >= 4 is 6.08 Å². The molecule has 0 heterocycles. The van der Waals surface area contributed by atoms with Crippen LogP contribution in [0.25, 0.3) is 0 Å². The number of benzene rings is 1. The van der Waals surface area contributed by atoms with Gasteiger partial charge in [-0.3, -0.25) is 0 Å². The Morgan fingerprint density at radius 1 is 1.33 bits per heavy atom. The molecule has 78 valence electrons. The molecule has 4 heteroatoms. The van der Waals surface area contributed by atoms with Crippen LogP contribution in [0.3, 0.4) is 0 Å². The van der Waals surface area contributed by atoms with Crippen LogP contribution in [0.5, 0.6) is 11.5 Å². The van der Waals surface area contributed by atoms with Gasteiger partial charge in [-0.25, -0.2) is 4.79 Å². The zero-order chi connectivity index (χ0) is 10.9. The Hall–Kier alpha value is -1.80. The number of hydrogen-bond acceptors (Lipinski definition) is 4. The van der Waals surface area contributed by atoms with Gasteiger partial charge in [0, 0.05) is 5.56 Å². The first-order valence-corrected chi connectivity index (χ1v) is 4.80. The SMILES string of the molecule is O=C=NC1(c2cccc(O)c2O)CCC1. The van der Waals surface area contributed by atoms with E-state index < -0.39 is 5.54 Å². The molecule has 1 saturated carbocycles. The second-order valence-electron chi connectivity index (χ2n) is 3.76. The van der Waals surface area contributed by atoms with Gasteiger partial charge < -0.3 is 10.2 Å². The zero-order valence-electron chi connectivity index (χ0n) is 8.10. The van der Waals surface area contributed by atoms with Crippen LogP contribution in [0.15, 0.2) is 23.2 Å². The van der Waals surface area contributed by atoms with Gasteiger partial charge in [0.2, 0.25) is 6.08 Å². The second kappa shape index (κ2) is 3.41. The van der Waals surface area contributed by atoms with Crippen LogP contribution in [-0.2, 0) is 10.3 Å². The summed E-state index contributed by atoms with van der Waals surface area (Å²) in [7, 11) is 0. The predicted octanol–water partition coefficient (Wildman–Crippen LogP) is 1.81. The van der Waals surface area contributed by atoms with Crippen molar-refractivity contribution in [1.29, 1.82) is 0 Å². The van der Waals surface area contributed by atoms with Gasteiger partial charge in [0.15, 0.2) is 11.5 Å². The Morgan fingerprint density at radius 2 is 2.07 bits per heavy atom. The number of phenols is 2. The molecule has 0 saturated heterocycles. The van der Waals surface area contributed by atoms with Crippen molar-refractivity contribution in [2.45, 2.75) is 24.8 Å². The molecule has 1 aliphatic carbocycles. The first-order chi connectivity index (χ1) is 7.19.